The lowest BCUT2D eigenvalue weighted by atomic mass is 10.5. The SMILES string of the molecule is CN(C)COc1ccc(Cl)nc1. The van der Waals surface area contributed by atoms with Gasteiger partial charge in [0.25, 0.3) is 0 Å². The van der Waals surface area contributed by atoms with Crippen molar-refractivity contribution in [1.82, 2.24) is 9.88 Å². The first-order chi connectivity index (χ1) is 5.68. The van der Waals surface area contributed by atoms with Gasteiger partial charge < -0.3 is 4.74 Å². The molecule has 0 saturated carbocycles. The van der Waals surface area contributed by atoms with Crippen molar-refractivity contribution < 1.29 is 4.74 Å². The average molecular weight is 187 g/mol. The van der Waals surface area contributed by atoms with Crippen molar-refractivity contribution in [3.8, 4) is 5.75 Å². The Balaban J connectivity index is 2.48. The summed E-state index contributed by atoms with van der Waals surface area (Å²) in [6.45, 7) is 0.545. The van der Waals surface area contributed by atoms with E-state index in [1.807, 2.05) is 19.0 Å². The molecule has 0 aliphatic carbocycles. The van der Waals surface area contributed by atoms with Crippen LogP contribution >= 0.6 is 11.6 Å². The molecule has 0 bridgehead atoms. The number of hydrogen-bond acceptors (Lipinski definition) is 3. The quantitative estimate of drug-likeness (QED) is 0.530. The molecule has 4 heteroatoms. The highest BCUT2D eigenvalue weighted by Crippen LogP contribution is 2.11. The van der Waals surface area contributed by atoms with Crippen LogP contribution in [0.1, 0.15) is 0 Å². The third-order valence-electron chi connectivity index (χ3n) is 1.19. The minimum atomic E-state index is 0.479. The number of halogens is 1. The summed E-state index contributed by atoms with van der Waals surface area (Å²) in [5.74, 6) is 0.730. The summed E-state index contributed by atoms with van der Waals surface area (Å²) in [7, 11) is 3.87. The molecule has 1 aromatic heterocycles. The summed E-state index contributed by atoms with van der Waals surface area (Å²) in [5.41, 5.74) is 0. The summed E-state index contributed by atoms with van der Waals surface area (Å²) < 4.78 is 5.33. The van der Waals surface area contributed by atoms with Crippen molar-refractivity contribution in [2.45, 2.75) is 0 Å². The summed E-state index contributed by atoms with van der Waals surface area (Å²) in [6, 6.07) is 3.49. The number of nitrogens with zero attached hydrogens (tertiary/aromatic N) is 2. The van der Waals surface area contributed by atoms with Crippen LogP contribution in [-0.2, 0) is 0 Å². The number of pyridine rings is 1. The molecule has 1 rings (SSSR count). The van der Waals surface area contributed by atoms with Gasteiger partial charge in [0, 0.05) is 0 Å². The van der Waals surface area contributed by atoms with Crippen molar-refractivity contribution in [2.75, 3.05) is 20.8 Å². The first-order valence-corrected chi connectivity index (χ1v) is 3.95. The van der Waals surface area contributed by atoms with Gasteiger partial charge in [0.15, 0.2) is 0 Å². The normalized spacial score (nSPS) is 10.3. The van der Waals surface area contributed by atoms with Crippen molar-refractivity contribution in [3.63, 3.8) is 0 Å². The Morgan fingerprint density at radius 3 is 2.75 bits per heavy atom. The molecule has 0 radical (unpaired) electrons. The van der Waals surface area contributed by atoms with Crippen LogP contribution < -0.4 is 4.74 Å². The number of rotatable bonds is 3. The Hall–Kier alpha value is -0.800. The van der Waals surface area contributed by atoms with Crippen LogP contribution in [-0.4, -0.2) is 30.7 Å². The molecule has 0 aliphatic rings. The molecule has 0 aromatic carbocycles. The van der Waals surface area contributed by atoms with Crippen LogP contribution in [0.15, 0.2) is 18.3 Å². The highest BCUT2D eigenvalue weighted by Gasteiger charge is 1.94. The topological polar surface area (TPSA) is 25.4 Å². The zero-order valence-corrected chi connectivity index (χ0v) is 7.88. The number of ether oxygens (including phenoxy) is 1. The molecule has 0 fully saturated rings. The summed E-state index contributed by atoms with van der Waals surface area (Å²) >= 11 is 5.60. The Labute approximate surface area is 76.9 Å². The van der Waals surface area contributed by atoms with E-state index >= 15 is 0 Å². The molecule has 0 aliphatic heterocycles. The van der Waals surface area contributed by atoms with Gasteiger partial charge in [-0.1, -0.05) is 11.6 Å². The molecule has 0 spiro atoms. The Morgan fingerprint density at radius 1 is 1.50 bits per heavy atom. The van der Waals surface area contributed by atoms with Gasteiger partial charge in [-0.3, -0.25) is 4.90 Å². The van der Waals surface area contributed by atoms with E-state index in [0.717, 1.165) is 5.75 Å². The summed E-state index contributed by atoms with van der Waals surface area (Å²) in [6.07, 6.45) is 1.60. The van der Waals surface area contributed by atoms with E-state index in [1.165, 1.54) is 0 Å². The van der Waals surface area contributed by atoms with Gasteiger partial charge >= 0.3 is 0 Å². The maximum absolute atomic E-state index is 5.60. The Morgan fingerprint density at radius 2 is 2.25 bits per heavy atom. The van der Waals surface area contributed by atoms with Gasteiger partial charge in [-0.05, 0) is 26.2 Å². The summed E-state index contributed by atoms with van der Waals surface area (Å²) in [5, 5.41) is 0.479. The van der Waals surface area contributed by atoms with Crippen LogP contribution in [0, 0.1) is 0 Å². The van der Waals surface area contributed by atoms with E-state index in [-0.39, 0.29) is 0 Å². The van der Waals surface area contributed by atoms with Gasteiger partial charge in [0.2, 0.25) is 0 Å². The largest absolute Gasteiger partial charge is 0.477 e. The minimum Gasteiger partial charge on any atom is -0.477 e. The molecule has 0 saturated heterocycles. The maximum Gasteiger partial charge on any atom is 0.141 e. The van der Waals surface area contributed by atoms with E-state index in [1.54, 1.807) is 18.3 Å². The van der Waals surface area contributed by atoms with Gasteiger partial charge in [-0.15, -0.1) is 0 Å². The third kappa shape index (κ3) is 3.07. The van der Waals surface area contributed by atoms with Crippen LogP contribution in [0.25, 0.3) is 0 Å². The van der Waals surface area contributed by atoms with Crippen LogP contribution in [0.5, 0.6) is 5.75 Å². The minimum absolute atomic E-state index is 0.479. The van der Waals surface area contributed by atoms with Crippen LogP contribution in [0.4, 0.5) is 0 Å². The lowest BCUT2D eigenvalue weighted by Crippen LogP contribution is -2.18. The molecule has 12 heavy (non-hydrogen) atoms. The second-order valence-corrected chi connectivity index (χ2v) is 3.06. The van der Waals surface area contributed by atoms with Crippen molar-refractivity contribution >= 4 is 11.6 Å². The first-order valence-electron chi connectivity index (χ1n) is 3.57. The second-order valence-electron chi connectivity index (χ2n) is 2.67. The molecule has 1 heterocycles. The molecule has 0 unspecified atom stereocenters. The fraction of sp³-hybridized carbons (Fsp3) is 0.375. The van der Waals surface area contributed by atoms with E-state index in [2.05, 4.69) is 4.98 Å². The van der Waals surface area contributed by atoms with E-state index in [9.17, 15) is 0 Å². The highest BCUT2D eigenvalue weighted by atomic mass is 35.5. The van der Waals surface area contributed by atoms with E-state index < -0.39 is 0 Å². The molecule has 0 N–H and O–H groups in total. The Bertz CT molecular complexity index is 235. The van der Waals surface area contributed by atoms with Crippen LogP contribution in [0.3, 0.4) is 0 Å². The number of hydrogen-bond donors (Lipinski definition) is 0. The first kappa shape index (κ1) is 9.29. The second kappa shape index (κ2) is 4.28. The average Bonchev–Trinajstić information content (AvgIpc) is 2.03. The summed E-state index contributed by atoms with van der Waals surface area (Å²) in [4.78, 5) is 5.80. The fourth-order valence-electron chi connectivity index (χ4n) is 0.651. The highest BCUT2D eigenvalue weighted by molar-refractivity contribution is 6.29. The lowest BCUT2D eigenvalue weighted by Gasteiger charge is -2.10. The van der Waals surface area contributed by atoms with Gasteiger partial charge in [-0.25, -0.2) is 4.98 Å². The monoisotopic (exact) mass is 186 g/mol. The zero-order chi connectivity index (χ0) is 8.97. The van der Waals surface area contributed by atoms with E-state index in [4.69, 9.17) is 16.3 Å². The predicted octanol–water partition coefficient (Wildman–Crippen LogP) is 1.63. The zero-order valence-electron chi connectivity index (χ0n) is 7.12. The molecule has 0 amide bonds. The van der Waals surface area contributed by atoms with Gasteiger partial charge in [-0.2, -0.15) is 0 Å². The van der Waals surface area contributed by atoms with Crippen molar-refractivity contribution in [2.24, 2.45) is 0 Å². The van der Waals surface area contributed by atoms with Gasteiger partial charge in [0.1, 0.15) is 17.6 Å². The standard InChI is InChI=1S/C8H11ClN2O/c1-11(2)6-12-7-3-4-8(9)10-5-7/h3-5H,6H2,1-2H3. The predicted molar refractivity (Wildman–Crippen MR) is 48.4 cm³/mol. The molecule has 1 aromatic rings. The molecule has 66 valence electrons. The maximum atomic E-state index is 5.60. The Kier molecular flexibility index (Phi) is 3.31. The molecular formula is C8H11ClN2O. The van der Waals surface area contributed by atoms with Crippen molar-refractivity contribution in [1.29, 1.82) is 0 Å². The van der Waals surface area contributed by atoms with Crippen LogP contribution in [0.2, 0.25) is 5.15 Å². The van der Waals surface area contributed by atoms with Crippen molar-refractivity contribution in [3.05, 3.63) is 23.5 Å². The molecular weight excluding hydrogens is 176 g/mol. The smallest absolute Gasteiger partial charge is 0.141 e. The fourth-order valence-corrected chi connectivity index (χ4v) is 0.763. The lowest BCUT2D eigenvalue weighted by molar-refractivity contribution is 0.179. The van der Waals surface area contributed by atoms with E-state index in [0.29, 0.717) is 11.9 Å². The molecule has 3 nitrogen and oxygen atoms in total. The van der Waals surface area contributed by atoms with Gasteiger partial charge in [0.05, 0.1) is 6.20 Å². The third-order valence-corrected chi connectivity index (χ3v) is 1.41. The molecule has 0 atom stereocenters. The number of aromatic nitrogens is 1.